The molecule has 2 N–H and O–H groups in total. The van der Waals surface area contributed by atoms with Crippen molar-refractivity contribution in [2.45, 2.75) is 18.6 Å². The molecule has 20 heavy (non-hydrogen) atoms. The Bertz CT molecular complexity index is 581. The zero-order valence-electron chi connectivity index (χ0n) is 10.6. The van der Waals surface area contributed by atoms with Gasteiger partial charge in [0.2, 0.25) is 0 Å². The van der Waals surface area contributed by atoms with E-state index < -0.39 is 28.9 Å². The van der Waals surface area contributed by atoms with Crippen LogP contribution in [0.15, 0.2) is 12.1 Å². The normalized spacial score (nSPS) is 22.0. The van der Waals surface area contributed by atoms with Crippen LogP contribution < -0.4 is 0 Å². The first kappa shape index (κ1) is 14.0. The number of carbonyl (C=O) groups excluding carboxylic acids is 1. The molecule has 1 aliphatic rings. The SMILES string of the molecule is Cn1c(C(=O)N2C[C@H](O)C[C@H]2C(=O)O)ccc1[N+](=O)[O-]. The highest BCUT2D eigenvalue weighted by Crippen LogP contribution is 2.23. The molecule has 1 aromatic rings. The number of amides is 1. The highest BCUT2D eigenvalue weighted by atomic mass is 16.6. The molecule has 2 atom stereocenters. The van der Waals surface area contributed by atoms with Gasteiger partial charge in [0, 0.05) is 19.0 Å². The molecular formula is C11H13N3O6. The van der Waals surface area contributed by atoms with E-state index in [-0.39, 0.29) is 24.5 Å². The van der Waals surface area contributed by atoms with Crippen LogP contribution in [0.4, 0.5) is 5.82 Å². The van der Waals surface area contributed by atoms with Crippen LogP contribution in [0, 0.1) is 10.1 Å². The summed E-state index contributed by atoms with van der Waals surface area (Å²) in [4.78, 5) is 34.5. The predicted molar refractivity (Wildman–Crippen MR) is 65.2 cm³/mol. The standard InChI is InChI=1S/C11H13N3O6/c1-12-7(2-3-9(12)14(19)20)10(16)13-5-6(15)4-8(13)11(17)18/h2-3,6,8,15H,4-5H2,1H3,(H,17,18)/t6-,8+/m1/s1. The number of likely N-dealkylation sites (tertiary alicyclic amines) is 1. The van der Waals surface area contributed by atoms with Crippen molar-refractivity contribution in [3.63, 3.8) is 0 Å². The first-order chi connectivity index (χ1) is 9.32. The van der Waals surface area contributed by atoms with Crippen molar-refractivity contribution in [2.24, 2.45) is 7.05 Å². The van der Waals surface area contributed by atoms with Crippen molar-refractivity contribution in [1.82, 2.24) is 9.47 Å². The van der Waals surface area contributed by atoms with Gasteiger partial charge in [-0.1, -0.05) is 0 Å². The van der Waals surface area contributed by atoms with Gasteiger partial charge in [0.1, 0.15) is 6.04 Å². The summed E-state index contributed by atoms with van der Waals surface area (Å²) in [6.45, 7) is -0.102. The summed E-state index contributed by atoms with van der Waals surface area (Å²) in [6.07, 6.45) is -0.955. The van der Waals surface area contributed by atoms with Crippen LogP contribution in [0.1, 0.15) is 16.9 Å². The Morgan fingerprint density at radius 1 is 1.45 bits per heavy atom. The Hall–Kier alpha value is -2.42. The lowest BCUT2D eigenvalue weighted by Gasteiger charge is -2.19. The summed E-state index contributed by atoms with van der Waals surface area (Å²) >= 11 is 0. The van der Waals surface area contributed by atoms with Gasteiger partial charge in [-0.3, -0.25) is 4.79 Å². The molecule has 0 unspecified atom stereocenters. The van der Waals surface area contributed by atoms with Crippen molar-refractivity contribution in [1.29, 1.82) is 0 Å². The molecule has 9 nitrogen and oxygen atoms in total. The molecular weight excluding hydrogens is 270 g/mol. The van der Waals surface area contributed by atoms with Crippen molar-refractivity contribution in [2.75, 3.05) is 6.54 Å². The van der Waals surface area contributed by atoms with Crippen LogP contribution in [-0.4, -0.2) is 55.2 Å². The van der Waals surface area contributed by atoms with Crippen LogP contribution in [0.3, 0.4) is 0 Å². The number of nitrogens with zero attached hydrogens (tertiary/aromatic N) is 3. The van der Waals surface area contributed by atoms with Gasteiger partial charge in [0.25, 0.3) is 5.91 Å². The number of aliphatic hydroxyl groups excluding tert-OH is 1. The molecule has 0 aromatic carbocycles. The van der Waals surface area contributed by atoms with Gasteiger partial charge in [-0.05, 0) is 11.0 Å². The van der Waals surface area contributed by atoms with Gasteiger partial charge in [0.05, 0.1) is 13.2 Å². The Morgan fingerprint density at radius 3 is 2.60 bits per heavy atom. The van der Waals surface area contributed by atoms with E-state index in [1.807, 2.05) is 0 Å². The number of hydrogen-bond acceptors (Lipinski definition) is 5. The average molecular weight is 283 g/mol. The molecule has 2 rings (SSSR count). The average Bonchev–Trinajstić information content (AvgIpc) is 2.91. The van der Waals surface area contributed by atoms with E-state index in [9.17, 15) is 24.8 Å². The molecule has 0 radical (unpaired) electrons. The largest absolute Gasteiger partial charge is 0.480 e. The molecule has 1 fully saturated rings. The van der Waals surface area contributed by atoms with Gasteiger partial charge in [-0.25, -0.2) is 9.36 Å². The Morgan fingerprint density at radius 2 is 2.10 bits per heavy atom. The molecule has 1 aliphatic heterocycles. The summed E-state index contributed by atoms with van der Waals surface area (Å²) in [5.74, 6) is -2.12. The lowest BCUT2D eigenvalue weighted by molar-refractivity contribution is -0.391. The summed E-state index contributed by atoms with van der Waals surface area (Å²) < 4.78 is 1.09. The maximum absolute atomic E-state index is 12.3. The minimum atomic E-state index is -1.21. The predicted octanol–water partition coefficient (Wildman–Crippen LogP) is -0.407. The smallest absolute Gasteiger partial charge is 0.326 e. The third-order valence-electron chi connectivity index (χ3n) is 3.33. The topological polar surface area (TPSA) is 126 Å². The highest BCUT2D eigenvalue weighted by molar-refractivity contribution is 5.96. The Balaban J connectivity index is 2.31. The van der Waals surface area contributed by atoms with E-state index in [1.54, 1.807) is 0 Å². The van der Waals surface area contributed by atoms with Gasteiger partial charge in [-0.15, -0.1) is 0 Å². The number of carboxylic acids is 1. The number of carbonyl (C=O) groups is 2. The molecule has 0 bridgehead atoms. The zero-order valence-corrected chi connectivity index (χ0v) is 10.6. The Labute approximate surface area is 113 Å². The molecule has 1 saturated heterocycles. The lowest BCUT2D eigenvalue weighted by atomic mass is 10.2. The van der Waals surface area contributed by atoms with E-state index in [1.165, 1.54) is 19.2 Å². The number of aromatic nitrogens is 1. The van der Waals surface area contributed by atoms with Gasteiger partial charge in [-0.2, -0.15) is 0 Å². The van der Waals surface area contributed by atoms with Gasteiger partial charge >= 0.3 is 11.8 Å². The number of β-amino-alcohol motifs (C(OH)–C–C–N with tert-alkyl or cyclic N) is 1. The molecule has 1 amide bonds. The fourth-order valence-electron chi connectivity index (χ4n) is 2.32. The number of rotatable bonds is 3. The van der Waals surface area contributed by atoms with Crippen LogP contribution in [0.2, 0.25) is 0 Å². The fourth-order valence-corrected chi connectivity index (χ4v) is 2.32. The van der Waals surface area contributed by atoms with E-state index >= 15 is 0 Å². The summed E-state index contributed by atoms with van der Waals surface area (Å²) in [5.41, 5.74) is 0.0112. The Kier molecular flexibility index (Phi) is 3.45. The molecule has 108 valence electrons. The molecule has 0 aliphatic carbocycles. The van der Waals surface area contributed by atoms with Crippen molar-refractivity contribution < 1.29 is 24.7 Å². The first-order valence-corrected chi connectivity index (χ1v) is 5.85. The lowest BCUT2D eigenvalue weighted by Crippen LogP contribution is -2.41. The fraction of sp³-hybridized carbons (Fsp3) is 0.455. The van der Waals surface area contributed by atoms with Crippen LogP contribution in [-0.2, 0) is 11.8 Å². The molecule has 1 aromatic heterocycles. The molecule has 9 heteroatoms. The van der Waals surface area contributed by atoms with Crippen molar-refractivity contribution >= 4 is 17.7 Å². The third-order valence-corrected chi connectivity index (χ3v) is 3.33. The van der Waals surface area contributed by atoms with Crippen LogP contribution >= 0.6 is 0 Å². The number of aliphatic carboxylic acids is 1. The third kappa shape index (κ3) is 2.23. The number of hydrogen-bond donors (Lipinski definition) is 2. The number of nitro groups is 1. The first-order valence-electron chi connectivity index (χ1n) is 5.85. The maximum atomic E-state index is 12.3. The van der Waals surface area contributed by atoms with Crippen LogP contribution in [0.25, 0.3) is 0 Å². The maximum Gasteiger partial charge on any atom is 0.326 e. The number of carboxylic acid groups (broad SMARTS) is 1. The second-order valence-corrected chi connectivity index (χ2v) is 4.59. The van der Waals surface area contributed by atoms with E-state index in [4.69, 9.17) is 5.11 Å². The summed E-state index contributed by atoms with van der Waals surface area (Å²) in [5, 5.41) is 29.3. The summed E-state index contributed by atoms with van der Waals surface area (Å²) in [7, 11) is 1.35. The van der Waals surface area contributed by atoms with E-state index in [0.29, 0.717) is 0 Å². The monoisotopic (exact) mass is 283 g/mol. The van der Waals surface area contributed by atoms with E-state index in [2.05, 4.69) is 0 Å². The molecule has 2 heterocycles. The van der Waals surface area contributed by atoms with E-state index in [0.717, 1.165) is 9.47 Å². The van der Waals surface area contributed by atoms with Crippen molar-refractivity contribution in [3.05, 3.63) is 27.9 Å². The highest BCUT2D eigenvalue weighted by Gasteiger charge is 2.41. The molecule has 0 saturated carbocycles. The summed E-state index contributed by atoms with van der Waals surface area (Å²) in [6, 6.07) is 1.33. The number of aliphatic hydroxyl groups is 1. The second-order valence-electron chi connectivity index (χ2n) is 4.59. The molecule has 0 spiro atoms. The van der Waals surface area contributed by atoms with Crippen molar-refractivity contribution in [3.8, 4) is 0 Å². The quantitative estimate of drug-likeness (QED) is 0.574. The van der Waals surface area contributed by atoms with Crippen LogP contribution in [0.5, 0.6) is 0 Å². The minimum absolute atomic E-state index is 0.0112. The van der Waals surface area contributed by atoms with Gasteiger partial charge < -0.3 is 25.2 Å². The van der Waals surface area contributed by atoms with Gasteiger partial charge in [0.15, 0.2) is 5.69 Å². The zero-order chi connectivity index (χ0) is 15.0. The second kappa shape index (κ2) is 4.93. The minimum Gasteiger partial charge on any atom is -0.480 e.